The van der Waals surface area contributed by atoms with Crippen LogP contribution in [-0.4, -0.2) is 79.4 Å². The van der Waals surface area contributed by atoms with Crippen LogP contribution in [0.1, 0.15) is 56.0 Å². The minimum Gasteiger partial charge on any atom is -0.493 e. The standard InChI is InChI=1S/C30H40FN3O3/c1-29(2,3)24-8-6-23(7-9-24)28(36)34-15-5-14-30(21-34,22-37-26-12-10-25(31)11-13-26)20-27(35)33-18-16-32(4)17-19-33/h6-13H,5,14-22H2,1-4H3/t30-/m1/s1. The Labute approximate surface area is 220 Å². The molecule has 2 saturated heterocycles. The summed E-state index contributed by atoms with van der Waals surface area (Å²) in [6, 6.07) is 13.8. The molecule has 2 heterocycles. The topological polar surface area (TPSA) is 53.1 Å². The van der Waals surface area contributed by atoms with Gasteiger partial charge >= 0.3 is 0 Å². The number of carbonyl (C=O) groups is 2. The van der Waals surface area contributed by atoms with Gasteiger partial charge in [-0.2, -0.15) is 0 Å². The van der Waals surface area contributed by atoms with E-state index < -0.39 is 5.41 Å². The van der Waals surface area contributed by atoms with Crippen LogP contribution in [0.15, 0.2) is 48.5 Å². The monoisotopic (exact) mass is 509 g/mol. The minimum atomic E-state index is -0.506. The fraction of sp³-hybridized carbons (Fsp3) is 0.533. The number of nitrogens with zero attached hydrogens (tertiary/aromatic N) is 3. The predicted molar refractivity (Wildman–Crippen MR) is 143 cm³/mol. The molecule has 6 nitrogen and oxygen atoms in total. The molecule has 2 amide bonds. The fourth-order valence-corrected chi connectivity index (χ4v) is 5.25. The van der Waals surface area contributed by atoms with Crippen molar-refractivity contribution >= 4 is 11.8 Å². The second-order valence-corrected chi connectivity index (χ2v) is 11.8. The third-order valence-electron chi connectivity index (χ3n) is 7.69. The molecule has 4 rings (SSSR count). The normalized spacial score (nSPS) is 21.1. The quantitative estimate of drug-likeness (QED) is 0.572. The number of carbonyl (C=O) groups excluding carboxylic acids is 2. The lowest BCUT2D eigenvalue weighted by Crippen LogP contribution is -2.53. The number of hydrogen-bond donors (Lipinski definition) is 0. The van der Waals surface area contributed by atoms with Crippen molar-refractivity contribution in [2.75, 3.05) is 52.9 Å². The number of rotatable bonds is 6. The third kappa shape index (κ3) is 6.89. The maximum absolute atomic E-state index is 13.5. The molecule has 2 aromatic rings. The van der Waals surface area contributed by atoms with Crippen LogP contribution in [0.2, 0.25) is 0 Å². The molecule has 0 bridgehead atoms. The van der Waals surface area contributed by atoms with Gasteiger partial charge in [-0.15, -0.1) is 0 Å². The van der Waals surface area contributed by atoms with Gasteiger partial charge in [0.25, 0.3) is 5.91 Å². The van der Waals surface area contributed by atoms with Crippen LogP contribution >= 0.6 is 0 Å². The Kier molecular flexibility index (Phi) is 8.22. The van der Waals surface area contributed by atoms with Gasteiger partial charge in [-0.25, -0.2) is 4.39 Å². The molecule has 0 spiro atoms. The highest BCUT2D eigenvalue weighted by Crippen LogP contribution is 2.36. The number of halogens is 1. The number of hydrogen-bond acceptors (Lipinski definition) is 4. The van der Waals surface area contributed by atoms with Crippen LogP contribution in [-0.2, 0) is 10.2 Å². The molecule has 0 radical (unpaired) electrons. The van der Waals surface area contributed by atoms with Crippen LogP contribution in [0.25, 0.3) is 0 Å². The van der Waals surface area contributed by atoms with Gasteiger partial charge in [-0.1, -0.05) is 32.9 Å². The first-order chi connectivity index (χ1) is 17.5. The maximum atomic E-state index is 13.5. The van der Waals surface area contributed by atoms with Crippen molar-refractivity contribution in [1.82, 2.24) is 14.7 Å². The summed E-state index contributed by atoms with van der Waals surface area (Å²) in [5, 5.41) is 0. The van der Waals surface area contributed by atoms with Crippen LogP contribution in [0.3, 0.4) is 0 Å². The van der Waals surface area contributed by atoms with E-state index in [9.17, 15) is 14.0 Å². The van der Waals surface area contributed by atoms with E-state index in [1.807, 2.05) is 34.1 Å². The van der Waals surface area contributed by atoms with Crippen molar-refractivity contribution in [2.45, 2.75) is 45.4 Å². The molecular formula is C30H40FN3O3. The predicted octanol–water partition coefficient (Wildman–Crippen LogP) is 4.59. The van der Waals surface area contributed by atoms with Crippen molar-refractivity contribution in [3.63, 3.8) is 0 Å². The van der Waals surface area contributed by atoms with E-state index in [0.717, 1.165) is 25.9 Å². The second kappa shape index (κ2) is 11.2. The van der Waals surface area contributed by atoms with Crippen LogP contribution in [0.4, 0.5) is 4.39 Å². The molecule has 2 aromatic carbocycles. The van der Waals surface area contributed by atoms with Crippen LogP contribution in [0, 0.1) is 11.2 Å². The molecule has 0 saturated carbocycles. The highest BCUT2D eigenvalue weighted by Gasteiger charge is 2.41. The van der Waals surface area contributed by atoms with Gasteiger partial charge in [-0.3, -0.25) is 9.59 Å². The zero-order chi connectivity index (χ0) is 26.6. The van der Waals surface area contributed by atoms with Crippen molar-refractivity contribution in [3.05, 3.63) is 65.5 Å². The Morgan fingerprint density at radius 1 is 0.919 bits per heavy atom. The number of amides is 2. The summed E-state index contributed by atoms with van der Waals surface area (Å²) in [6.07, 6.45) is 1.92. The van der Waals surface area contributed by atoms with Gasteiger partial charge in [0.1, 0.15) is 11.6 Å². The summed E-state index contributed by atoms with van der Waals surface area (Å²) in [5.41, 5.74) is 1.35. The van der Waals surface area contributed by atoms with E-state index in [2.05, 4.69) is 32.7 Å². The van der Waals surface area contributed by atoms with E-state index in [0.29, 0.717) is 50.5 Å². The Balaban J connectivity index is 1.52. The first-order valence-corrected chi connectivity index (χ1v) is 13.3. The highest BCUT2D eigenvalue weighted by molar-refractivity contribution is 5.94. The summed E-state index contributed by atoms with van der Waals surface area (Å²) in [5.74, 6) is 0.339. The lowest BCUT2D eigenvalue weighted by Gasteiger charge is -2.43. The molecule has 37 heavy (non-hydrogen) atoms. The Hall–Kier alpha value is -2.93. The average molecular weight is 510 g/mol. The summed E-state index contributed by atoms with van der Waals surface area (Å²) >= 11 is 0. The molecule has 0 aromatic heterocycles. The summed E-state index contributed by atoms with van der Waals surface area (Å²) in [7, 11) is 2.07. The highest BCUT2D eigenvalue weighted by atomic mass is 19.1. The number of likely N-dealkylation sites (N-methyl/N-ethyl adjacent to an activating group) is 1. The molecule has 2 aliphatic rings. The molecular weight excluding hydrogens is 469 g/mol. The maximum Gasteiger partial charge on any atom is 0.253 e. The first kappa shape index (κ1) is 27.1. The smallest absolute Gasteiger partial charge is 0.253 e. The largest absolute Gasteiger partial charge is 0.493 e. The minimum absolute atomic E-state index is 0.0154. The Morgan fingerprint density at radius 2 is 1.57 bits per heavy atom. The van der Waals surface area contributed by atoms with Gasteiger partial charge in [0.2, 0.25) is 5.91 Å². The van der Waals surface area contributed by atoms with E-state index in [1.54, 1.807) is 12.1 Å². The zero-order valence-corrected chi connectivity index (χ0v) is 22.6. The SMILES string of the molecule is CN1CCN(C(=O)C[C@]2(COc3ccc(F)cc3)CCCN(C(=O)c3ccc(C(C)(C)C)cc3)C2)CC1. The van der Waals surface area contributed by atoms with E-state index in [4.69, 9.17) is 4.74 Å². The first-order valence-electron chi connectivity index (χ1n) is 13.3. The van der Waals surface area contributed by atoms with E-state index in [-0.39, 0.29) is 23.0 Å². The average Bonchev–Trinajstić information content (AvgIpc) is 2.88. The Bertz CT molecular complexity index is 1070. The van der Waals surface area contributed by atoms with Crippen LogP contribution in [0.5, 0.6) is 5.75 Å². The van der Waals surface area contributed by atoms with Crippen molar-refractivity contribution < 1.29 is 18.7 Å². The number of benzene rings is 2. The number of ether oxygens (including phenoxy) is 1. The molecule has 200 valence electrons. The number of piperidine rings is 1. The lowest BCUT2D eigenvalue weighted by atomic mass is 9.77. The van der Waals surface area contributed by atoms with E-state index in [1.165, 1.54) is 17.7 Å². The molecule has 0 aliphatic carbocycles. The molecule has 7 heteroatoms. The molecule has 0 unspecified atom stereocenters. The van der Waals surface area contributed by atoms with Gasteiger partial charge < -0.3 is 19.4 Å². The summed E-state index contributed by atoms with van der Waals surface area (Å²) in [6.45, 7) is 11.0. The molecule has 1 atom stereocenters. The van der Waals surface area contributed by atoms with Crippen LogP contribution < -0.4 is 4.74 Å². The second-order valence-electron chi connectivity index (χ2n) is 11.8. The van der Waals surface area contributed by atoms with Crippen molar-refractivity contribution in [3.8, 4) is 5.75 Å². The summed E-state index contributed by atoms with van der Waals surface area (Å²) < 4.78 is 19.5. The van der Waals surface area contributed by atoms with Gasteiger partial charge in [0, 0.05) is 56.7 Å². The molecule has 2 fully saturated rings. The molecule has 2 aliphatic heterocycles. The summed E-state index contributed by atoms with van der Waals surface area (Å²) in [4.78, 5) is 33.0. The van der Waals surface area contributed by atoms with Gasteiger partial charge in [-0.05, 0) is 67.3 Å². The van der Waals surface area contributed by atoms with Crippen molar-refractivity contribution in [1.29, 1.82) is 0 Å². The Morgan fingerprint density at radius 3 is 2.19 bits per heavy atom. The zero-order valence-electron chi connectivity index (χ0n) is 22.6. The third-order valence-corrected chi connectivity index (χ3v) is 7.69. The molecule has 0 N–H and O–H groups in total. The van der Waals surface area contributed by atoms with Gasteiger partial charge in [0.15, 0.2) is 0 Å². The number of piperazine rings is 1. The fourth-order valence-electron chi connectivity index (χ4n) is 5.25. The van der Waals surface area contributed by atoms with Gasteiger partial charge in [0.05, 0.1) is 6.61 Å². The number of likely N-dealkylation sites (tertiary alicyclic amines) is 1. The van der Waals surface area contributed by atoms with Crippen molar-refractivity contribution in [2.24, 2.45) is 5.41 Å². The van der Waals surface area contributed by atoms with E-state index >= 15 is 0 Å². The lowest BCUT2D eigenvalue weighted by molar-refractivity contribution is -0.137.